The number of rotatable bonds is 5. The molecule has 0 unspecified atom stereocenters. The normalized spacial score (nSPS) is 19.6. The van der Waals surface area contributed by atoms with Gasteiger partial charge < -0.3 is 0 Å². The summed E-state index contributed by atoms with van der Waals surface area (Å²) < 4.78 is 27.3. The van der Waals surface area contributed by atoms with Crippen LogP contribution in [0.4, 0.5) is 0 Å². The van der Waals surface area contributed by atoms with Crippen molar-refractivity contribution in [3.8, 4) is 5.69 Å². The minimum absolute atomic E-state index is 0.0164. The Hall–Kier alpha value is -1.58. The van der Waals surface area contributed by atoms with Crippen molar-refractivity contribution in [2.24, 2.45) is 0 Å². The first-order valence-electron chi connectivity index (χ1n) is 8.36. The first-order valence-corrected chi connectivity index (χ1v) is 10.6. The average Bonchev–Trinajstić information content (AvgIpc) is 3.10. The summed E-state index contributed by atoms with van der Waals surface area (Å²) in [6.07, 6.45) is 0.661. The van der Waals surface area contributed by atoms with Gasteiger partial charge in [-0.1, -0.05) is 19.1 Å². The fourth-order valence-corrected chi connectivity index (χ4v) is 5.18. The predicted molar refractivity (Wildman–Crippen MR) is 99.1 cm³/mol. The zero-order valence-corrected chi connectivity index (χ0v) is 16.3. The molecular formula is C16H23N5O2S2. The molecule has 7 nitrogen and oxygen atoms in total. The summed E-state index contributed by atoms with van der Waals surface area (Å²) in [5.74, 6) is 0.466. The molecule has 3 rings (SSSR count). The minimum atomic E-state index is -2.92. The highest BCUT2D eigenvalue weighted by Crippen LogP contribution is 2.19. The summed E-state index contributed by atoms with van der Waals surface area (Å²) >= 11 is 5.55. The van der Waals surface area contributed by atoms with E-state index in [0.29, 0.717) is 17.9 Å². The Bertz CT molecular complexity index is 932. The minimum Gasteiger partial charge on any atom is -0.280 e. The van der Waals surface area contributed by atoms with Gasteiger partial charge in [-0.05, 0) is 66.7 Å². The second-order valence-corrected chi connectivity index (χ2v) is 9.09. The molecular weight excluding hydrogens is 358 g/mol. The zero-order valence-electron chi connectivity index (χ0n) is 14.7. The van der Waals surface area contributed by atoms with Gasteiger partial charge in [-0.3, -0.25) is 4.90 Å². The number of aryl methyl sites for hydroxylation is 1. The molecule has 1 aromatic carbocycles. The topological polar surface area (TPSA) is 73.0 Å². The Labute approximate surface area is 153 Å². The van der Waals surface area contributed by atoms with Crippen LogP contribution >= 0.6 is 12.2 Å². The Morgan fingerprint density at radius 3 is 2.72 bits per heavy atom. The summed E-state index contributed by atoms with van der Waals surface area (Å²) in [6.45, 7) is 7.28. The molecule has 1 aromatic heterocycles. The van der Waals surface area contributed by atoms with Gasteiger partial charge in [0.15, 0.2) is 9.84 Å². The average molecular weight is 382 g/mol. The number of benzene rings is 1. The van der Waals surface area contributed by atoms with Crippen molar-refractivity contribution < 1.29 is 8.42 Å². The predicted octanol–water partition coefficient (Wildman–Crippen LogP) is 1.88. The van der Waals surface area contributed by atoms with Crippen molar-refractivity contribution in [2.75, 3.05) is 18.1 Å². The van der Waals surface area contributed by atoms with E-state index in [0.717, 1.165) is 17.8 Å². The van der Waals surface area contributed by atoms with Gasteiger partial charge >= 0.3 is 0 Å². The van der Waals surface area contributed by atoms with Crippen LogP contribution in [0.1, 0.15) is 24.5 Å². The zero-order chi connectivity index (χ0) is 18.2. The van der Waals surface area contributed by atoms with Gasteiger partial charge in [-0.2, -0.15) is 4.68 Å². The maximum atomic E-state index is 11.8. The van der Waals surface area contributed by atoms with Crippen molar-refractivity contribution in [2.45, 2.75) is 39.9 Å². The molecule has 2 heterocycles. The lowest BCUT2D eigenvalue weighted by molar-refractivity contribution is 0.162. The Morgan fingerprint density at radius 1 is 1.32 bits per heavy atom. The summed E-state index contributed by atoms with van der Waals surface area (Å²) in [5, 5.41) is 8.40. The molecule has 0 spiro atoms. The highest BCUT2D eigenvalue weighted by molar-refractivity contribution is 7.91. The molecule has 0 saturated carbocycles. The number of sulfone groups is 1. The van der Waals surface area contributed by atoms with Gasteiger partial charge in [-0.15, -0.1) is 0 Å². The Balaban J connectivity index is 1.86. The lowest BCUT2D eigenvalue weighted by atomic mass is 10.1. The van der Waals surface area contributed by atoms with E-state index in [9.17, 15) is 8.42 Å². The summed E-state index contributed by atoms with van der Waals surface area (Å²) in [7, 11) is -2.92. The van der Waals surface area contributed by atoms with Gasteiger partial charge in [0, 0.05) is 6.04 Å². The SMILES string of the molecule is CCN(Cn1nnn(-c2cccc(C)c2C)c1=S)[C@H]1CCS(=O)(=O)C1. The maximum Gasteiger partial charge on any atom is 0.221 e. The van der Waals surface area contributed by atoms with Crippen molar-refractivity contribution in [3.05, 3.63) is 34.1 Å². The molecule has 9 heteroatoms. The fourth-order valence-electron chi connectivity index (χ4n) is 3.19. The van der Waals surface area contributed by atoms with Crippen LogP contribution in [-0.4, -0.2) is 57.2 Å². The Kier molecular flexibility index (Phi) is 5.08. The van der Waals surface area contributed by atoms with E-state index in [2.05, 4.69) is 15.3 Å². The molecule has 0 radical (unpaired) electrons. The van der Waals surface area contributed by atoms with E-state index in [-0.39, 0.29) is 17.5 Å². The molecule has 0 aliphatic carbocycles. The number of hydrogen-bond acceptors (Lipinski definition) is 6. The molecule has 1 saturated heterocycles. The highest BCUT2D eigenvalue weighted by atomic mass is 32.2. The van der Waals surface area contributed by atoms with E-state index < -0.39 is 9.84 Å². The van der Waals surface area contributed by atoms with Crippen LogP contribution in [0.15, 0.2) is 18.2 Å². The van der Waals surface area contributed by atoms with Crippen LogP contribution in [0, 0.1) is 18.6 Å². The van der Waals surface area contributed by atoms with Crippen LogP contribution in [-0.2, 0) is 16.5 Å². The molecule has 0 bridgehead atoms. The smallest absolute Gasteiger partial charge is 0.221 e. The fraction of sp³-hybridized carbons (Fsp3) is 0.562. The first kappa shape index (κ1) is 18.2. The van der Waals surface area contributed by atoms with E-state index in [4.69, 9.17) is 12.2 Å². The van der Waals surface area contributed by atoms with Crippen molar-refractivity contribution in [1.29, 1.82) is 0 Å². The van der Waals surface area contributed by atoms with Crippen LogP contribution in [0.5, 0.6) is 0 Å². The van der Waals surface area contributed by atoms with Gasteiger partial charge in [0.25, 0.3) is 0 Å². The monoisotopic (exact) mass is 381 g/mol. The van der Waals surface area contributed by atoms with Crippen LogP contribution in [0.3, 0.4) is 0 Å². The molecule has 1 aliphatic heterocycles. The molecule has 1 atom stereocenters. The molecule has 25 heavy (non-hydrogen) atoms. The third kappa shape index (κ3) is 3.68. The van der Waals surface area contributed by atoms with Gasteiger partial charge in [0.1, 0.15) is 0 Å². The molecule has 0 amide bonds. The molecule has 2 aromatic rings. The van der Waals surface area contributed by atoms with Crippen LogP contribution in [0.2, 0.25) is 0 Å². The van der Waals surface area contributed by atoms with E-state index in [1.165, 1.54) is 5.56 Å². The largest absolute Gasteiger partial charge is 0.280 e. The summed E-state index contributed by atoms with van der Waals surface area (Å²) in [6, 6.07) is 6.01. The molecule has 1 aliphatic rings. The number of aromatic nitrogens is 4. The van der Waals surface area contributed by atoms with Crippen LogP contribution in [0.25, 0.3) is 5.69 Å². The second kappa shape index (κ2) is 6.97. The van der Waals surface area contributed by atoms with Gasteiger partial charge in [-0.25, -0.2) is 13.1 Å². The quantitative estimate of drug-likeness (QED) is 0.737. The third-order valence-electron chi connectivity index (χ3n) is 4.89. The number of nitrogens with zero attached hydrogens (tertiary/aromatic N) is 5. The Morgan fingerprint density at radius 2 is 2.08 bits per heavy atom. The van der Waals surface area contributed by atoms with Crippen molar-refractivity contribution in [3.63, 3.8) is 0 Å². The first-order chi connectivity index (χ1) is 11.8. The number of tetrazole rings is 1. The van der Waals surface area contributed by atoms with Crippen LogP contribution < -0.4 is 0 Å². The maximum absolute atomic E-state index is 11.8. The molecule has 1 fully saturated rings. The lowest BCUT2D eigenvalue weighted by Crippen LogP contribution is -2.37. The van der Waals surface area contributed by atoms with E-state index in [1.807, 2.05) is 39.0 Å². The second-order valence-electron chi connectivity index (χ2n) is 6.50. The summed E-state index contributed by atoms with van der Waals surface area (Å²) in [5.41, 5.74) is 3.20. The van der Waals surface area contributed by atoms with E-state index in [1.54, 1.807) is 9.36 Å². The van der Waals surface area contributed by atoms with Crippen molar-refractivity contribution in [1.82, 2.24) is 24.7 Å². The highest BCUT2D eigenvalue weighted by Gasteiger charge is 2.32. The van der Waals surface area contributed by atoms with Gasteiger partial charge in [0.2, 0.25) is 4.77 Å². The van der Waals surface area contributed by atoms with E-state index >= 15 is 0 Å². The molecule has 0 N–H and O–H groups in total. The standard InChI is InChI=1S/C16H23N5O2S2/c1-4-19(14-8-9-25(22,23)10-14)11-20-16(24)21(18-17-20)15-7-5-6-12(2)13(15)3/h5-7,14H,4,8-11H2,1-3H3/t14-/m0/s1. The molecule has 136 valence electrons. The van der Waals surface area contributed by atoms with Crippen molar-refractivity contribution >= 4 is 22.1 Å². The van der Waals surface area contributed by atoms with Gasteiger partial charge in [0.05, 0.1) is 23.9 Å². The third-order valence-corrected chi connectivity index (χ3v) is 7.02. The lowest BCUT2D eigenvalue weighted by Gasteiger charge is -2.25. The number of hydrogen-bond donors (Lipinski definition) is 0. The summed E-state index contributed by atoms with van der Waals surface area (Å²) in [4.78, 5) is 2.10.